The molecule has 0 radical (unpaired) electrons. The van der Waals surface area contributed by atoms with Crippen LogP contribution in [0, 0.1) is 0 Å². The van der Waals surface area contributed by atoms with Crippen LogP contribution >= 0.6 is 0 Å². The van der Waals surface area contributed by atoms with E-state index in [1.165, 1.54) is 0 Å². The van der Waals surface area contributed by atoms with Crippen LogP contribution < -0.4 is 5.19 Å². The van der Waals surface area contributed by atoms with Gasteiger partial charge in [-0.2, -0.15) is 0 Å². The molecule has 0 bridgehead atoms. The maximum atomic E-state index is 10.0. The van der Waals surface area contributed by atoms with Crippen molar-refractivity contribution in [3.8, 4) is 0 Å². The third-order valence-corrected chi connectivity index (χ3v) is 8.14. The quantitative estimate of drug-likeness (QED) is 0.743. The minimum Gasteiger partial charge on any atom is -0.430 e. The summed E-state index contributed by atoms with van der Waals surface area (Å²) in [7, 11) is -7.16. The first-order valence-electron chi connectivity index (χ1n) is 6.80. The number of hydrogen-bond donors (Lipinski definition) is 2. The third-order valence-electron chi connectivity index (χ3n) is 2.83. The van der Waals surface area contributed by atoms with E-state index in [9.17, 15) is 9.59 Å². The summed E-state index contributed by atoms with van der Waals surface area (Å²) in [5.41, 5.74) is 0. The van der Waals surface area contributed by atoms with E-state index in [2.05, 4.69) is 6.55 Å². The molecule has 1 rings (SSSR count). The van der Waals surface area contributed by atoms with Gasteiger partial charge in [0.2, 0.25) is 16.6 Å². The summed E-state index contributed by atoms with van der Waals surface area (Å²) in [6.45, 7) is 9.29. The minimum absolute atomic E-state index is 0.390. The van der Waals surface area contributed by atoms with E-state index in [0.29, 0.717) is 12.5 Å². The van der Waals surface area contributed by atoms with Crippen LogP contribution in [-0.4, -0.2) is 47.2 Å². The minimum atomic E-state index is -2.57. The molecule has 1 aromatic rings. The van der Waals surface area contributed by atoms with Crippen molar-refractivity contribution in [1.82, 2.24) is 0 Å². The summed E-state index contributed by atoms with van der Waals surface area (Å²) >= 11 is 0. The van der Waals surface area contributed by atoms with Crippen molar-refractivity contribution in [2.75, 3.05) is 12.5 Å². The largest absolute Gasteiger partial charge is 0.430 e. The first kappa shape index (κ1) is 17.8. The molecule has 2 N–H and O–H groups in total. The van der Waals surface area contributed by atoms with E-state index in [1.54, 1.807) is 13.1 Å². The number of benzene rings is 1. The maximum absolute atomic E-state index is 10.0. The second-order valence-electron chi connectivity index (χ2n) is 6.43. The molecular formula is C13H26O4Si3. The van der Waals surface area contributed by atoms with Gasteiger partial charge in [0.15, 0.2) is 0 Å². The van der Waals surface area contributed by atoms with Gasteiger partial charge in [0.05, 0.1) is 12.5 Å². The Kier molecular flexibility index (Phi) is 5.90. The molecular weight excluding hydrogens is 304 g/mol. The second-order valence-corrected chi connectivity index (χ2v) is 17.1. The molecule has 20 heavy (non-hydrogen) atoms. The highest BCUT2D eigenvalue weighted by Crippen LogP contribution is 2.12. The van der Waals surface area contributed by atoms with Crippen LogP contribution in [0.25, 0.3) is 0 Å². The summed E-state index contributed by atoms with van der Waals surface area (Å²) in [4.78, 5) is 19.9. The van der Waals surface area contributed by atoms with Crippen molar-refractivity contribution in [1.29, 1.82) is 0 Å². The molecule has 0 saturated carbocycles. The van der Waals surface area contributed by atoms with Gasteiger partial charge in [-0.3, -0.25) is 0 Å². The molecule has 0 saturated heterocycles. The summed E-state index contributed by atoms with van der Waals surface area (Å²) in [5, 5.41) is 1.12. The lowest BCUT2D eigenvalue weighted by Crippen LogP contribution is -2.57. The van der Waals surface area contributed by atoms with E-state index in [1.807, 2.05) is 43.4 Å². The van der Waals surface area contributed by atoms with Gasteiger partial charge < -0.3 is 18.4 Å². The average Bonchev–Trinajstić information content (AvgIpc) is 2.33. The summed E-state index contributed by atoms with van der Waals surface area (Å²) in [5.74, 6) is 0. The molecule has 0 aliphatic carbocycles. The van der Waals surface area contributed by atoms with Crippen LogP contribution in [0.15, 0.2) is 30.3 Å². The van der Waals surface area contributed by atoms with Crippen LogP contribution in [0.2, 0.25) is 32.7 Å². The number of rotatable bonds is 7. The Balaban J connectivity index is 2.88. The van der Waals surface area contributed by atoms with Crippen molar-refractivity contribution in [2.24, 2.45) is 0 Å². The monoisotopic (exact) mass is 330 g/mol. The molecule has 0 fully saturated rings. The Morgan fingerprint density at radius 1 is 0.850 bits per heavy atom. The van der Waals surface area contributed by atoms with Gasteiger partial charge in [-0.1, -0.05) is 30.3 Å². The Morgan fingerprint density at radius 2 is 1.40 bits per heavy atom. The van der Waals surface area contributed by atoms with Gasteiger partial charge >= 0.3 is 8.56 Å². The van der Waals surface area contributed by atoms with E-state index < -0.39 is 25.2 Å². The van der Waals surface area contributed by atoms with Crippen molar-refractivity contribution >= 4 is 30.4 Å². The third kappa shape index (κ3) is 6.44. The van der Waals surface area contributed by atoms with Crippen molar-refractivity contribution in [2.45, 2.75) is 32.7 Å². The molecule has 114 valence electrons. The van der Waals surface area contributed by atoms with Crippen LogP contribution in [0.1, 0.15) is 0 Å². The maximum Gasteiger partial charge on any atom is 0.328 e. The van der Waals surface area contributed by atoms with Crippen LogP contribution in [-0.2, 0) is 8.85 Å². The zero-order chi connectivity index (χ0) is 15.4. The van der Waals surface area contributed by atoms with Gasteiger partial charge in [-0.05, 0) is 37.9 Å². The SMILES string of the molecule is C[Si](C)(O)CO[Si](C)(CO[Si](C)(C)O)c1ccccc1. The molecule has 0 aromatic heterocycles. The first-order chi connectivity index (χ1) is 9.02. The van der Waals surface area contributed by atoms with Crippen molar-refractivity contribution in [3.63, 3.8) is 0 Å². The summed E-state index contributed by atoms with van der Waals surface area (Å²) < 4.78 is 11.8. The fraction of sp³-hybridized carbons (Fsp3) is 0.538. The first-order valence-corrected chi connectivity index (χ1v) is 15.4. The zero-order valence-corrected chi connectivity index (χ0v) is 16.0. The highest BCUT2D eigenvalue weighted by Gasteiger charge is 2.36. The van der Waals surface area contributed by atoms with Gasteiger partial charge in [0, 0.05) is 0 Å². The molecule has 1 atom stereocenters. The fourth-order valence-corrected chi connectivity index (χ4v) is 8.17. The standard InChI is InChI=1S/C13H26O4Si3/c1-18(2,14)11-17-20(5,12-16-19(3,4)15)13-9-7-6-8-10-13/h6-10,14-15H,11-12H2,1-5H3. The molecule has 7 heteroatoms. The molecule has 0 spiro atoms. The highest BCUT2D eigenvalue weighted by atomic mass is 28.4. The van der Waals surface area contributed by atoms with Crippen LogP contribution in [0.3, 0.4) is 0 Å². The topological polar surface area (TPSA) is 58.9 Å². The number of hydrogen-bond acceptors (Lipinski definition) is 4. The zero-order valence-electron chi connectivity index (χ0n) is 13.0. The van der Waals surface area contributed by atoms with E-state index in [-0.39, 0.29) is 0 Å². The van der Waals surface area contributed by atoms with Gasteiger partial charge in [-0.25, -0.2) is 0 Å². The van der Waals surface area contributed by atoms with Gasteiger partial charge in [0.1, 0.15) is 0 Å². The molecule has 0 amide bonds. The Labute approximate surface area is 124 Å². The molecule has 1 aromatic carbocycles. The van der Waals surface area contributed by atoms with Gasteiger partial charge in [-0.15, -0.1) is 0 Å². The predicted octanol–water partition coefficient (Wildman–Crippen LogP) is 1.47. The highest BCUT2D eigenvalue weighted by molar-refractivity contribution is 6.86. The smallest absolute Gasteiger partial charge is 0.328 e. The Bertz CT molecular complexity index is 394. The summed E-state index contributed by atoms with van der Waals surface area (Å²) in [6.07, 6.45) is 0.804. The Morgan fingerprint density at radius 3 is 1.85 bits per heavy atom. The molecule has 0 aliphatic heterocycles. The molecule has 1 unspecified atom stereocenters. The van der Waals surface area contributed by atoms with Crippen LogP contribution in [0.5, 0.6) is 0 Å². The van der Waals surface area contributed by atoms with Crippen LogP contribution in [0.4, 0.5) is 0 Å². The predicted molar refractivity (Wildman–Crippen MR) is 89.0 cm³/mol. The van der Waals surface area contributed by atoms with E-state index in [4.69, 9.17) is 8.85 Å². The average molecular weight is 331 g/mol. The second kappa shape index (κ2) is 6.65. The fourth-order valence-electron chi connectivity index (χ4n) is 1.65. The van der Waals surface area contributed by atoms with Crippen molar-refractivity contribution < 1.29 is 18.4 Å². The van der Waals surface area contributed by atoms with E-state index >= 15 is 0 Å². The molecule has 0 aliphatic rings. The van der Waals surface area contributed by atoms with Gasteiger partial charge in [0.25, 0.3) is 0 Å². The normalized spacial score (nSPS) is 15.9. The van der Waals surface area contributed by atoms with E-state index in [0.717, 1.165) is 5.19 Å². The lowest BCUT2D eigenvalue weighted by atomic mass is 10.4. The lowest BCUT2D eigenvalue weighted by Gasteiger charge is -2.32. The lowest BCUT2D eigenvalue weighted by molar-refractivity contribution is 0.252. The summed E-state index contributed by atoms with van der Waals surface area (Å²) in [6, 6.07) is 10.00. The molecule has 0 heterocycles. The molecule has 4 nitrogen and oxygen atoms in total. The Hall–Kier alpha value is -0.289. The van der Waals surface area contributed by atoms with Crippen molar-refractivity contribution in [3.05, 3.63) is 30.3 Å².